The number of carboxylic acid groups (broad SMARTS) is 1. The number of aryl methyl sites for hydroxylation is 1. The number of carbonyl (C=O) groups excluding carboxylic acids is 3. The van der Waals surface area contributed by atoms with Gasteiger partial charge in [-0.15, -0.1) is 28.2 Å². The minimum atomic E-state index is -1.22. The lowest BCUT2D eigenvalue weighted by atomic mass is 10.0. The molecule has 3 N–H and O–H groups in total. The van der Waals surface area contributed by atoms with Crippen molar-refractivity contribution in [1.82, 2.24) is 45.2 Å². The third-order valence-electron chi connectivity index (χ3n) is 8.24. The number of hydrogen-bond acceptors (Lipinski definition) is 15. The number of oxime groups is 1. The van der Waals surface area contributed by atoms with Gasteiger partial charge in [-0.1, -0.05) is 23.0 Å². The molecule has 0 bridgehead atoms. The number of β-lactam (4-membered cyclic amide) rings is 1. The van der Waals surface area contributed by atoms with Crippen LogP contribution in [0.4, 0.5) is 5.13 Å². The van der Waals surface area contributed by atoms with Crippen LogP contribution in [0.15, 0.2) is 39.1 Å². The molecule has 2 unspecified atom stereocenters. The van der Waals surface area contributed by atoms with Crippen LogP contribution >= 0.6 is 34.9 Å². The maximum Gasteiger partial charge on any atom is 0.352 e. The first kappa shape index (κ1) is 34.0. The number of likely N-dealkylation sites (N-methyl/N-ethyl adjacent to an activating group) is 1. The molecule has 0 radical (unpaired) electrons. The molecule has 4 aliphatic rings. The predicted octanol–water partition coefficient (Wildman–Crippen LogP) is 0.306. The number of fused-ring (bicyclic) bond motifs is 1. The van der Waals surface area contributed by atoms with Crippen molar-refractivity contribution in [3.05, 3.63) is 34.5 Å². The molecule has 0 spiro atoms. The molecule has 6 rings (SSSR count). The Kier molecular flexibility index (Phi) is 11.0. The molecular formula is C28H35N11O6S3. The van der Waals surface area contributed by atoms with Crippen LogP contribution in [0.25, 0.3) is 0 Å². The number of allylic oxidation sites excluding steroid dienone is 1. The molecule has 5 heterocycles. The van der Waals surface area contributed by atoms with E-state index in [0.29, 0.717) is 35.9 Å². The average molecular weight is 718 g/mol. The third kappa shape index (κ3) is 7.72. The highest BCUT2D eigenvalue weighted by molar-refractivity contribution is 8.01. The van der Waals surface area contributed by atoms with E-state index in [9.17, 15) is 24.3 Å². The molecule has 1 aliphatic carbocycles. The third-order valence-corrected chi connectivity index (χ3v) is 11.4. The first-order valence-corrected chi connectivity index (χ1v) is 18.3. The second-order valence-corrected chi connectivity index (χ2v) is 14.4. The maximum absolute atomic E-state index is 13.5. The summed E-state index contributed by atoms with van der Waals surface area (Å²) in [7, 11) is 2.13. The van der Waals surface area contributed by atoms with E-state index < -0.39 is 29.2 Å². The number of rotatable bonds is 15. The van der Waals surface area contributed by atoms with Crippen LogP contribution in [0.1, 0.15) is 25.0 Å². The molecule has 2 fully saturated rings. The lowest BCUT2D eigenvalue weighted by molar-refractivity contribution is -0.150. The average Bonchev–Trinajstić information content (AvgIpc) is 3.87. The SMILES string of the molecule is CN1CCN(CCCn2nnnc2SCC2=C(C(=O)O)N3C(=O)C(NC(=O)C(=NOC4C=CCC4)c4csc(NC=O)n4)[C@H]3SC2)CC1. The number of anilines is 1. The van der Waals surface area contributed by atoms with Crippen molar-refractivity contribution in [3.8, 4) is 0 Å². The summed E-state index contributed by atoms with van der Waals surface area (Å²) in [5, 5.41) is 33.2. The lowest BCUT2D eigenvalue weighted by Crippen LogP contribution is -2.71. The van der Waals surface area contributed by atoms with Gasteiger partial charge in [0.15, 0.2) is 10.8 Å². The van der Waals surface area contributed by atoms with E-state index in [2.05, 4.69) is 53.1 Å². The Balaban J connectivity index is 1.08. The van der Waals surface area contributed by atoms with Crippen molar-refractivity contribution in [2.24, 2.45) is 5.16 Å². The summed E-state index contributed by atoms with van der Waals surface area (Å²) in [5.41, 5.74) is 0.475. The number of carboxylic acids is 1. The number of tetrazole rings is 1. The zero-order valence-electron chi connectivity index (χ0n) is 26.1. The van der Waals surface area contributed by atoms with Gasteiger partial charge in [0, 0.05) is 56.2 Å². The molecule has 0 saturated carbocycles. The smallest absolute Gasteiger partial charge is 0.352 e. The van der Waals surface area contributed by atoms with Crippen molar-refractivity contribution in [2.45, 2.75) is 48.5 Å². The molecule has 17 nitrogen and oxygen atoms in total. The highest BCUT2D eigenvalue weighted by Gasteiger charge is 2.54. The van der Waals surface area contributed by atoms with Gasteiger partial charge in [-0.3, -0.25) is 19.3 Å². The fourth-order valence-electron chi connectivity index (χ4n) is 5.63. The second-order valence-electron chi connectivity index (χ2n) is 11.5. The molecule has 0 aromatic carbocycles. The monoisotopic (exact) mass is 717 g/mol. The van der Waals surface area contributed by atoms with Crippen LogP contribution in [0.2, 0.25) is 0 Å². The molecule has 3 amide bonds. The van der Waals surface area contributed by atoms with Crippen LogP contribution in [-0.4, -0.2) is 144 Å². The zero-order chi connectivity index (χ0) is 33.6. The van der Waals surface area contributed by atoms with E-state index >= 15 is 0 Å². The minimum absolute atomic E-state index is 0.0924. The normalized spacial score (nSPS) is 23.2. The Morgan fingerprint density at radius 2 is 2.08 bits per heavy atom. The van der Waals surface area contributed by atoms with Crippen LogP contribution in [0, 0.1) is 0 Å². The van der Waals surface area contributed by atoms with Gasteiger partial charge in [-0.25, -0.2) is 14.5 Å². The number of aromatic nitrogens is 5. The van der Waals surface area contributed by atoms with Crippen LogP contribution in [-0.2, 0) is 30.6 Å². The topological polar surface area (TPSA) is 200 Å². The number of piperazine rings is 1. The van der Waals surface area contributed by atoms with E-state index in [0.717, 1.165) is 56.9 Å². The number of hydrogen-bond donors (Lipinski definition) is 3. The lowest BCUT2D eigenvalue weighted by Gasteiger charge is -2.49. The number of carbonyl (C=O) groups is 4. The van der Waals surface area contributed by atoms with Gasteiger partial charge in [0.2, 0.25) is 11.6 Å². The standard InChI is InChI=1S/C28H35N11O6S3/c1-36-9-11-37(12-10-36)7-4-8-38-28(32-34-35-38)48-14-17-13-46-25-21(24(42)39(25)22(17)26(43)44)31-23(41)20(33-45-18-5-2-3-6-18)19-15-47-27(30-19)29-16-40/h2,5,15-16,18,21,25H,3-4,6-14H2,1H3,(H,31,41)(H,43,44)(H,29,30,40)/t18?,21?,25-/m1/s1. The summed E-state index contributed by atoms with van der Waals surface area (Å²) < 4.78 is 1.73. The molecular weight excluding hydrogens is 683 g/mol. The largest absolute Gasteiger partial charge is 0.477 e. The van der Waals surface area contributed by atoms with Gasteiger partial charge in [0.05, 0.1) is 0 Å². The van der Waals surface area contributed by atoms with Gasteiger partial charge in [0.1, 0.15) is 28.9 Å². The number of thioether (sulfide) groups is 2. The Morgan fingerprint density at radius 3 is 2.83 bits per heavy atom. The molecule has 256 valence electrons. The van der Waals surface area contributed by atoms with Gasteiger partial charge < -0.3 is 30.4 Å². The van der Waals surface area contributed by atoms with Crippen LogP contribution < -0.4 is 10.6 Å². The van der Waals surface area contributed by atoms with Crippen LogP contribution in [0.5, 0.6) is 0 Å². The van der Waals surface area contributed by atoms with Crippen molar-refractivity contribution in [3.63, 3.8) is 0 Å². The van der Waals surface area contributed by atoms with Crippen molar-refractivity contribution in [2.75, 3.05) is 56.6 Å². The van der Waals surface area contributed by atoms with Crippen molar-refractivity contribution >= 4 is 69.9 Å². The van der Waals surface area contributed by atoms with Crippen molar-refractivity contribution in [1.29, 1.82) is 0 Å². The number of aliphatic carboxylic acids is 1. The highest BCUT2D eigenvalue weighted by Crippen LogP contribution is 2.41. The van der Waals surface area contributed by atoms with Gasteiger partial charge in [0.25, 0.3) is 11.8 Å². The van der Waals surface area contributed by atoms with Gasteiger partial charge >= 0.3 is 5.97 Å². The quantitative estimate of drug-likeness (QED) is 0.0568. The predicted molar refractivity (Wildman–Crippen MR) is 178 cm³/mol. The molecule has 2 aromatic heterocycles. The fraction of sp³-hybridized carbons (Fsp3) is 0.536. The molecule has 2 saturated heterocycles. The summed E-state index contributed by atoms with van der Waals surface area (Å²) in [6.07, 6.45) is 6.38. The zero-order valence-corrected chi connectivity index (χ0v) is 28.5. The Labute approximate surface area is 288 Å². The summed E-state index contributed by atoms with van der Waals surface area (Å²) >= 11 is 3.79. The number of amides is 3. The van der Waals surface area contributed by atoms with E-state index in [1.54, 1.807) is 10.1 Å². The van der Waals surface area contributed by atoms with Crippen molar-refractivity contribution < 1.29 is 29.1 Å². The van der Waals surface area contributed by atoms with E-state index in [1.807, 2.05) is 12.2 Å². The first-order valence-electron chi connectivity index (χ1n) is 15.4. The Hall–Kier alpha value is -3.85. The van der Waals surface area contributed by atoms with Gasteiger partial charge in [-0.05, 0) is 48.4 Å². The van der Waals surface area contributed by atoms with Gasteiger partial charge in [-0.2, -0.15) is 0 Å². The van der Waals surface area contributed by atoms with E-state index in [1.165, 1.54) is 28.4 Å². The molecule has 3 atom stereocenters. The summed E-state index contributed by atoms with van der Waals surface area (Å²) in [6.45, 7) is 5.75. The molecule has 20 heteroatoms. The summed E-state index contributed by atoms with van der Waals surface area (Å²) in [6, 6.07) is -0.985. The molecule has 3 aliphatic heterocycles. The number of thiazole rings is 1. The maximum atomic E-state index is 13.5. The van der Waals surface area contributed by atoms with E-state index in [4.69, 9.17) is 4.84 Å². The Bertz CT molecular complexity index is 1620. The highest BCUT2D eigenvalue weighted by atomic mass is 32.2. The minimum Gasteiger partial charge on any atom is -0.477 e. The first-order chi connectivity index (χ1) is 23.3. The summed E-state index contributed by atoms with van der Waals surface area (Å²) in [4.78, 5) is 65.9. The van der Waals surface area contributed by atoms with E-state index in [-0.39, 0.29) is 34.1 Å². The molecule has 2 aromatic rings. The summed E-state index contributed by atoms with van der Waals surface area (Å²) in [5.74, 6) is -1.86. The number of nitrogens with one attached hydrogen (secondary N) is 2. The fourth-order valence-corrected chi connectivity index (χ4v) is 8.67. The van der Waals surface area contributed by atoms with Crippen LogP contribution in [0.3, 0.4) is 0 Å². The molecule has 48 heavy (non-hydrogen) atoms. The Morgan fingerprint density at radius 1 is 1.25 bits per heavy atom. The number of nitrogens with zero attached hydrogens (tertiary/aromatic N) is 9. The second kappa shape index (κ2) is 15.6.